The van der Waals surface area contributed by atoms with Crippen LogP contribution in [0.5, 0.6) is 5.75 Å². The average molecular weight is 458 g/mol. The van der Waals surface area contributed by atoms with Crippen molar-refractivity contribution in [3.05, 3.63) is 86.4 Å². The number of carboxylic acid groups (broad SMARTS) is 1. The molecule has 0 aromatic heterocycles. The highest BCUT2D eigenvalue weighted by molar-refractivity contribution is 6.09. The molecule has 0 unspecified atom stereocenters. The zero-order chi connectivity index (χ0) is 24.2. The van der Waals surface area contributed by atoms with Gasteiger partial charge in [-0.1, -0.05) is 5.11 Å². The van der Waals surface area contributed by atoms with Gasteiger partial charge >= 0.3 is 5.97 Å². The maximum Gasteiger partial charge on any atom is 0.336 e. The highest BCUT2D eigenvalue weighted by Gasteiger charge is 2.23. The Labute approximate surface area is 192 Å². The molecule has 170 valence electrons. The SMILES string of the molecule is [N-]=[N+]=NCCCNC(=O)c1ccc(C(=O)O)c(-c2c3ccc(=O)cc-3oc3cc(O)ccc23)c1. The van der Waals surface area contributed by atoms with Gasteiger partial charge in [0, 0.05) is 52.2 Å². The summed E-state index contributed by atoms with van der Waals surface area (Å²) in [5.41, 5.74) is 9.64. The van der Waals surface area contributed by atoms with Crippen molar-refractivity contribution in [1.29, 1.82) is 0 Å². The molecule has 0 bridgehead atoms. The van der Waals surface area contributed by atoms with Crippen LogP contribution in [0.1, 0.15) is 27.1 Å². The second kappa shape index (κ2) is 9.35. The van der Waals surface area contributed by atoms with E-state index < -0.39 is 11.9 Å². The molecule has 3 N–H and O–H groups in total. The summed E-state index contributed by atoms with van der Waals surface area (Å²) in [6.45, 7) is 0.509. The molecular formula is C24H18N4O6. The molecule has 0 saturated carbocycles. The van der Waals surface area contributed by atoms with Gasteiger partial charge in [0.05, 0.1) is 5.56 Å². The summed E-state index contributed by atoms with van der Waals surface area (Å²) in [6.07, 6.45) is 0.451. The zero-order valence-corrected chi connectivity index (χ0v) is 17.7. The number of nitrogens with one attached hydrogen (secondary N) is 1. The van der Waals surface area contributed by atoms with E-state index in [1.807, 2.05) is 0 Å². The lowest BCUT2D eigenvalue weighted by molar-refractivity contribution is 0.0697. The number of nitrogens with zero attached hydrogens (tertiary/aromatic N) is 3. The molecule has 10 nitrogen and oxygen atoms in total. The predicted octanol–water partition coefficient (Wildman–Crippen LogP) is 4.40. The second-order valence-electron chi connectivity index (χ2n) is 7.44. The van der Waals surface area contributed by atoms with Gasteiger partial charge < -0.3 is 19.9 Å². The topological polar surface area (TPSA) is 166 Å². The summed E-state index contributed by atoms with van der Waals surface area (Å²) in [5.74, 6) is -1.47. The van der Waals surface area contributed by atoms with Crippen LogP contribution in [0.3, 0.4) is 0 Å². The number of rotatable bonds is 7. The number of benzene rings is 3. The Balaban J connectivity index is 1.90. The number of carbonyl (C=O) groups is 2. The van der Waals surface area contributed by atoms with E-state index in [2.05, 4.69) is 15.3 Å². The maximum absolute atomic E-state index is 12.7. The quantitative estimate of drug-likeness (QED) is 0.122. The highest BCUT2D eigenvalue weighted by Crippen LogP contribution is 2.42. The molecule has 1 amide bonds. The summed E-state index contributed by atoms with van der Waals surface area (Å²) < 4.78 is 5.81. The Hall–Kier alpha value is -4.82. The van der Waals surface area contributed by atoms with Crippen molar-refractivity contribution in [3.8, 4) is 28.2 Å². The minimum atomic E-state index is -1.20. The first-order valence-electron chi connectivity index (χ1n) is 10.3. The number of phenolic OH excluding ortho intramolecular Hbond substituents is 1. The molecule has 4 rings (SSSR count). The van der Waals surface area contributed by atoms with E-state index in [0.717, 1.165) is 0 Å². The van der Waals surface area contributed by atoms with E-state index in [0.29, 0.717) is 22.9 Å². The van der Waals surface area contributed by atoms with Gasteiger partial charge in [0.2, 0.25) is 0 Å². The maximum atomic E-state index is 12.7. The van der Waals surface area contributed by atoms with Crippen molar-refractivity contribution in [2.75, 3.05) is 13.1 Å². The van der Waals surface area contributed by atoms with Gasteiger partial charge in [-0.15, -0.1) is 0 Å². The number of hydrogen-bond donors (Lipinski definition) is 3. The third-order valence-electron chi connectivity index (χ3n) is 5.24. The van der Waals surface area contributed by atoms with Crippen LogP contribution < -0.4 is 10.7 Å². The van der Waals surface area contributed by atoms with Gasteiger partial charge in [0.1, 0.15) is 17.1 Å². The van der Waals surface area contributed by atoms with Crippen LogP contribution in [-0.2, 0) is 0 Å². The van der Waals surface area contributed by atoms with Crippen LogP contribution in [-0.4, -0.2) is 35.2 Å². The van der Waals surface area contributed by atoms with Crippen molar-refractivity contribution in [3.63, 3.8) is 0 Å². The van der Waals surface area contributed by atoms with Crippen LogP contribution >= 0.6 is 0 Å². The van der Waals surface area contributed by atoms with Gasteiger partial charge in [-0.05, 0) is 60.0 Å². The monoisotopic (exact) mass is 458 g/mol. The standard InChI is InChI=1S/C24H18N4O6/c25-28-27-9-1-8-26-23(31)13-2-5-16(24(32)33)19(10-13)22-17-6-3-14(29)11-20(17)34-21-12-15(30)4-7-18(21)22/h2-7,10-12,29H,1,8-9H2,(H,26,31)(H,32,33). The number of aromatic carboxylic acids is 1. The number of carboxylic acids is 1. The third-order valence-corrected chi connectivity index (χ3v) is 5.24. The number of azide groups is 1. The number of carbonyl (C=O) groups excluding carboxylic acids is 1. The summed E-state index contributed by atoms with van der Waals surface area (Å²) in [5, 5.41) is 26.4. The van der Waals surface area contributed by atoms with Crippen molar-refractivity contribution >= 4 is 22.8 Å². The van der Waals surface area contributed by atoms with Gasteiger partial charge in [-0.3, -0.25) is 9.59 Å². The first kappa shape index (κ1) is 22.4. The predicted molar refractivity (Wildman–Crippen MR) is 124 cm³/mol. The van der Waals surface area contributed by atoms with Gasteiger partial charge in [-0.2, -0.15) is 0 Å². The molecule has 0 saturated heterocycles. The third kappa shape index (κ3) is 4.38. The molecule has 0 radical (unpaired) electrons. The molecule has 34 heavy (non-hydrogen) atoms. The van der Waals surface area contributed by atoms with Gasteiger partial charge in [0.15, 0.2) is 5.43 Å². The van der Waals surface area contributed by atoms with Crippen LogP contribution in [0.25, 0.3) is 43.9 Å². The summed E-state index contributed by atoms with van der Waals surface area (Å²) >= 11 is 0. The average Bonchev–Trinajstić information content (AvgIpc) is 2.81. The molecule has 2 aliphatic rings. The summed E-state index contributed by atoms with van der Waals surface area (Å²) in [7, 11) is 0. The van der Waals surface area contributed by atoms with E-state index in [1.165, 1.54) is 48.5 Å². The Morgan fingerprint density at radius 3 is 2.65 bits per heavy atom. The van der Waals surface area contributed by atoms with E-state index in [-0.39, 0.29) is 52.3 Å². The van der Waals surface area contributed by atoms with Crippen LogP contribution in [0.4, 0.5) is 0 Å². The zero-order valence-electron chi connectivity index (χ0n) is 17.7. The first-order chi connectivity index (χ1) is 16.4. The number of aromatic hydroxyl groups is 1. The minimum Gasteiger partial charge on any atom is -0.508 e. The Bertz CT molecular complexity index is 1500. The van der Waals surface area contributed by atoms with E-state index in [1.54, 1.807) is 6.07 Å². The summed E-state index contributed by atoms with van der Waals surface area (Å²) in [4.78, 5) is 39.4. The van der Waals surface area contributed by atoms with Crippen molar-refractivity contribution in [2.24, 2.45) is 5.11 Å². The van der Waals surface area contributed by atoms with Crippen LogP contribution in [0.2, 0.25) is 0 Å². The largest absolute Gasteiger partial charge is 0.508 e. The van der Waals surface area contributed by atoms with E-state index in [9.17, 15) is 24.6 Å². The second-order valence-corrected chi connectivity index (χ2v) is 7.44. The fourth-order valence-electron chi connectivity index (χ4n) is 3.73. The smallest absolute Gasteiger partial charge is 0.336 e. The molecule has 1 aliphatic carbocycles. The fraction of sp³-hybridized carbons (Fsp3) is 0.125. The van der Waals surface area contributed by atoms with Crippen molar-refractivity contribution < 1.29 is 24.2 Å². The van der Waals surface area contributed by atoms with E-state index >= 15 is 0 Å². The lowest BCUT2D eigenvalue weighted by Gasteiger charge is -2.17. The molecule has 10 heteroatoms. The molecular weight excluding hydrogens is 440 g/mol. The molecule has 2 aromatic carbocycles. The molecule has 0 spiro atoms. The minimum absolute atomic E-state index is 0.0482. The fourth-order valence-corrected chi connectivity index (χ4v) is 3.73. The Kier molecular flexibility index (Phi) is 6.16. The van der Waals surface area contributed by atoms with Gasteiger partial charge in [-0.25, -0.2) is 4.79 Å². The molecule has 2 aromatic rings. The molecule has 0 fully saturated rings. The molecule has 1 aliphatic heterocycles. The number of hydrogen-bond acceptors (Lipinski definition) is 6. The van der Waals surface area contributed by atoms with Crippen LogP contribution in [0, 0.1) is 0 Å². The molecule has 1 heterocycles. The van der Waals surface area contributed by atoms with Crippen LogP contribution in [0.15, 0.2) is 68.9 Å². The Morgan fingerprint density at radius 1 is 1.06 bits per heavy atom. The Morgan fingerprint density at radius 2 is 1.88 bits per heavy atom. The molecule has 0 atom stereocenters. The van der Waals surface area contributed by atoms with Crippen molar-refractivity contribution in [1.82, 2.24) is 5.32 Å². The number of phenols is 1. The lowest BCUT2D eigenvalue weighted by atomic mass is 9.89. The first-order valence-corrected chi connectivity index (χ1v) is 10.3. The summed E-state index contributed by atoms with van der Waals surface area (Å²) in [6, 6.07) is 12.8. The van der Waals surface area contributed by atoms with E-state index in [4.69, 9.17) is 9.95 Å². The number of fused-ring (bicyclic) bond motifs is 2. The van der Waals surface area contributed by atoms with Gasteiger partial charge in [0.25, 0.3) is 5.91 Å². The van der Waals surface area contributed by atoms with Crippen molar-refractivity contribution in [2.45, 2.75) is 6.42 Å². The number of amides is 1. The highest BCUT2D eigenvalue weighted by atomic mass is 16.4. The lowest BCUT2D eigenvalue weighted by Crippen LogP contribution is -2.25. The normalized spacial score (nSPS) is 10.7.